The molecule has 9 unspecified atom stereocenters. The zero-order chi connectivity index (χ0) is 41.9. The summed E-state index contributed by atoms with van der Waals surface area (Å²) < 4.78 is 16.9. The van der Waals surface area contributed by atoms with Crippen LogP contribution in [-0.4, -0.2) is 94.2 Å². The summed E-state index contributed by atoms with van der Waals surface area (Å²) in [7, 11) is 0. The van der Waals surface area contributed by atoms with Gasteiger partial charge in [-0.05, 0) is 57.1 Å². The standard InChI is InChI=1S/C27H38N2O9.C14H20O4/c1-6-7-8-10-19-24(38-21(31)13-15(2)3)17(5)37-27(35)22(16(4)36-26(19)34)29-25(33)18-11-9-12-20(23(18)32)28-14-30;1-2-3-4-5-6-7-10-8-12(16)14(18)13(17)11(10)9-15/h9,11-12,14-17,19,22,24,32H,6-8,10,13H2,1-5H3,(H,28,30)(H,29,33);4-7,9-12,14,16,18H,2-3,8H2,1H3. The van der Waals surface area contributed by atoms with Gasteiger partial charge in [0.05, 0.1) is 29.2 Å². The molecule has 15 nitrogen and oxygen atoms in total. The van der Waals surface area contributed by atoms with E-state index in [4.69, 9.17) is 14.2 Å². The normalized spacial score (nSPS) is 26.9. The molecule has 9 atom stereocenters. The molecule has 310 valence electrons. The number of anilines is 1. The number of allylic oxidation sites excluding steroid dienone is 4. The zero-order valence-corrected chi connectivity index (χ0v) is 33.1. The summed E-state index contributed by atoms with van der Waals surface area (Å²) in [5, 5.41) is 34.0. The minimum Gasteiger partial charge on any atom is -0.505 e. The van der Waals surface area contributed by atoms with Crippen LogP contribution in [0.1, 0.15) is 103 Å². The van der Waals surface area contributed by atoms with Crippen molar-refractivity contribution in [2.75, 3.05) is 5.32 Å². The maximum absolute atomic E-state index is 13.3. The number of benzene rings is 1. The van der Waals surface area contributed by atoms with Crippen LogP contribution < -0.4 is 10.6 Å². The number of hydrogen-bond donors (Lipinski definition) is 5. The van der Waals surface area contributed by atoms with Crippen molar-refractivity contribution in [3.8, 4) is 5.75 Å². The minimum absolute atomic E-state index is 0.00114. The quantitative estimate of drug-likeness (QED) is 0.0302. The average molecular weight is 787 g/mol. The van der Waals surface area contributed by atoms with Crippen LogP contribution in [0.2, 0.25) is 0 Å². The summed E-state index contributed by atoms with van der Waals surface area (Å²) in [6, 6.07) is 2.71. The number of phenolic OH excluding ortho intramolecular Hbond substituents is 1. The van der Waals surface area contributed by atoms with Crippen molar-refractivity contribution in [2.24, 2.45) is 23.7 Å². The molecule has 1 aliphatic carbocycles. The number of unbranched alkanes of at least 4 members (excludes halogenated alkanes) is 3. The van der Waals surface area contributed by atoms with E-state index in [0.29, 0.717) is 25.5 Å². The summed E-state index contributed by atoms with van der Waals surface area (Å²) in [5.74, 6) is -6.04. The zero-order valence-electron chi connectivity index (χ0n) is 33.1. The van der Waals surface area contributed by atoms with Gasteiger partial charge in [-0.25, -0.2) is 4.79 Å². The Labute approximate surface area is 328 Å². The lowest BCUT2D eigenvalue weighted by Crippen LogP contribution is -2.50. The van der Waals surface area contributed by atoms with Crippen LogP contribution in [0.25, 0.3) is 0 Å². The van der Waals surface area contributed by atoms with Gasteiger partial charge in [0.2, 0.25) is 6.41 Å². The molecule has 1 saturated heterocycles. The number of hydrogen-bond acceptors (Lipinski definition) is 13. The number of phenols is 1. The number of ketones is 1. The maximum Gasteiger partial charge on any atom is 0.332 e. The lowest BCUT2D eigenvalue weighted by atomic mass is 9.76. The Balaban J connectivity index is 0.000000502. The van der Waals surface area contributed by atoms with Crippen LogP contribution in [0.5, 0.6) is 5.75 Å². The molecule has 0 aromatic heterocycles. The number of carbonyl (C=O) groups is 7. The van der Waals surface area contributed by atoms with Crippen LogP contribution in [0.15, 0.2) is 42.5 Å². The molecule has 2 fully saturated rings. The lowest BCUT2D eigenvalue weighted by Gasteiger charge is -2.31. The van der Waals surface area contributed by atoms with Gasteiger partial charge < -0.3 is 45.0 Å². The van der Waals surface area contributed by atoms with Crippen molar-refractivity contribution in [3.63, 3.8) is 0 Å². The van der Waals surface area contributed by atoms with Gasteiger partial charge in [-0.3, -0.25) is 24.0 Å². The molecule has 15 heteroatoms. The molecule has 0 bridgehead atoms. The highest BCUT2D eigenvalue weighted by Crippen LogP contribution is 2.30. The Kier molecular flexibility index (Phi) is 20.2. The molecule has 2 aliphatic rings. The molecule has 1 aromatic carbocycles. The second-order valence-corrected chi connectivity index (χ2v) is 14.4. The fraction of sp³-hybridized carbons (Fsp3) is 0.585. The third-order valence-corrected chi connectivity index (χ3v) is 9.40. The fourth-order valence-corrected chi connectivity index (χ4v) is 6.29. The summed E-state index contributed by atoms with van der Waals surface area (Å²) >= 11 is 0. The van der Waals surface area contributed by atoms with Gasteiger partial charge in [0.1, 0.15) is 24.6 Å². The second-order valence-electron chi connectivity index (χ2n) is 14.4. The van der Waals surface area contributed by atoms with E-state index < -0.39 is 83.7 Å². The SMILES string of the molecule is CCCC=CC=CC1CC(O)C(O)C(=O)C1C=O.CCCCCC1C(=O)OC(C)C(NC(=O)c2cccc(NC=O)c2O)C(=O)OC(C)C1OC(=O)CC(C)C. The third-order valence-electron chi connectivity index (χ3n) is 9.40. The number of ether oxygens (including phenoxy) is 3. The van der Waals surface area contributed by atoms with E-state index in [9.17, 15) is 48.9 Å². The highest BCUT2D eigenvalue weighted by molar-refractivity contribution is 6.01. The van der Waals surface area contributed by atoms with Crippen LogP contribution in [0, 0.1) is 23.7 Å². The second kappa shape index (κ2) is 23.9. The summed E-state index contributed by atoms with van der Waals surface area (Å²) in [5.41, 5.74) is -0.215. The lowest BCUT2D eigenvalue weighted by molar-refractivity contribution is -0.175. The number of Topliss-reactive ketones (excluding diaryl/α,β-unsaturated/α-hetero) is 1. The fourth-order valence-electron chi connectivity index (χ4n) is 6.29. The Morgan fingerprint density at radius 2 is 1.68 bits per heavy atom. The van der Waals surface area contributed by atoms with Crippen LogP contribution in [0.3, 0.4) is 0 Å². The summed E-state index contributed by atoms with van der Waals surface area (Å²) in [6.45, 7) is 10.8. The van der Waals surface area contributed by atoms with Gasteiger partial charge in [-0.1, -0.05) is 83.7 Å². The monoisotopic (exact) mass is 786 g/mol. The summed E-state index contributed by atoms with van der Waals surface area (Å²) in [6.07, 6.45) is 7.79. The van der Waals surface area contributed by atoms with Crippen molar-refractivity contribution in [1.82, 2.24) is 5.32 Å². The number of aldehydes is 1. The van der Waals surface area contributed by atoms with Crippen molar-refractivity contribution < 1.29 is 63.1 Å². The number of rotatable bonds is 16. The number of esters is 3. The largest absolute Gasteiger partial charge is 0.505 e. The molecule has 2 amide bonds. The van der Waals surface area contributed by atoms with E-state index in [0.717, 1.165) is 25.7 Å². The predicted molar refractivity (Wildman–Crippen MR) is 205 cm³/mol. The first kappa shape index (κ1) is 47.3. The third kappa shape index (κ3) is 14.0. The van der Waals surface area contributed by atoms with E-state index in [-0.39, 0.29) is 35.9 Å². The number of aliphatic hydroxyl groups excluding tert-OH is 2. The highest BCUT2D eigenvalue weighted by atomic mass is 16.6. The van der Waals surface area contributed by atoms with Gasteiger partial charge in [0.15, 0.2) is 23.7 Å². The molecular weight excluding hydrogens is 728 g/mol. The van der Waals surface area contributed by atoms with E-state index >= 15 is 0 Å². The molecular formula is C41H58N2O13. The first-order valence-corrected chi connectivity index (χ1v) is 19.2. The molecule has 5 N–H and O–H groups in total. The van der Waals surface area contributed by atoms with E-state index in [1.807, 2.05) is 32.9 Å². The number of nitrogens with one attached hydrogen (secondary N) is 2. The van der Waals surface area contributed by atoms with E-state index in [2.05, 4.69) is 17.6 Å². The number of carbonyl (C=O) groups excluding carboxylic acids is 7. The number of aliphatic hydroxyl groups is 2. The Morgan fingerprint density at radius 1 is 0.982 bits per heavy atom. The molecule has 3 rings (SSSR count). The minimum atomic E-state index is -1.43. The van der Waals surface area contributed by atoms with Crippen molar-refractivity contribution >= 4 is 48.0 Å². The molecule has 1 saturated carbocycles. The maximum atomic E-state index is 13.3. The molecule has 1 aliphatic heterocycles. The van der Waals surface area contributed by atoms with Gasteiger partial charge in [0.25, 0.3) is 5.91 Å². The molecule has 0 radical (unpaired) electrons. The smallest absolute Gasteiger partial charge is 0.332 e. The van der Waals surface area contributed by atoms with Gasteiger partial charge >= 0.3 is 17.9 Å². The first-order chi connectivity index (χ1) is 26.6. The van der Waals surface area contributed by atoms with Crippen LogP contribution >= 0.6 is 0 Å². The molecule has 0 spiro atoms. The van der Waals surface area contributed by atoms with Gasteiger partial charge in [0, 0.05) is 6.42 Å². The molecule has 1 aromatic rings. The van der Waals surface area contributed by atoms with E-state index in [1.165, 1.54) is 32.0 Å². The number of cyclic esters (lactones) is 2. The first-order valence-electron chi connectivity index (χ1n) is 19.2. The van der Waals surface area contributed by atoms with Crippen LogP contribution in [-0.2, 0) is 43.0 Å². The average Bonchev–Trinajstić information content (AvgIpc) is 3.16. The number of para-hydroxylation sites is 1. The topological polar surface area (TPSA) is 232 Å². The Bertz CT molecular complexity index is 1560. The van der Waals surface area contributed by atoms with Gasteiger partial charge in [-0.15, -0.1) is 0 Å². The van der Waals surface area contributed by atoms with Crippen LogP contribution in [0.4, 0.5) is 5.69 Å². The van der Waals surface area contributed by atoms with Crippen molar-refractivity contribution in [2.45, 2.75) is 129 Å². The van der Waals surface area contributed by atoms with Crippen molar-refractivity contribution in [3.05, 3.63) is 48.1 Å². The van der Waals surface area contributed by atoms with Gasteiger partial charge in [-0.2, -0.15) is 0 Å². The highest BCUT2D eigenvalue weighted by Gasteiger charge is 2.44. The molecule has 1 heterocycles. The number of aromatic hydroxyl groups is 1. The Morgan fingerprint density at radius 3 is 2.30 bits per heavy atom. The van der Waals surface area contributed by atoms with E-state index in [1.54, 1.807) is 12.2 Å². The summed E-state index contributed by atoms with van der Waals surface area (Å²) in [4.78, 5) is 85.2. The number of amides is 2. The molecule has 56 heavy (non-hydrogen) atoms. The predicted octanol–water partition coefficient (Wildman–Crippen LogP) is 4.12. The van der Waals surface area contributed by atoms with Crippen molar-refractivity contribution in [1.29, 1.82) is 0 Å². The Hall–Kier alpha value is -4.89.